The fraction of sp³-hybridized carbons (Fsp3) is 0.381. The second-order valence-corrected chi connectivity index (χ2v) is 7.25. The molecule has 7 heteroatoms. The molecule has 1 aliphatic heterocycles. The maximum Gasteiger partial charge on any atom is 0.254 e. The summed E-state index contributed by atoms with van der Waals surface area (Å²) in [4.78, 5) is 30.1. The summed E-state index contributed by atoms with van der Waals surface area (Å²) in [6, 6.07) is 7.75. The van der Waals surface area contributed by atoms with Gasteiger partial charge < -0.3 is 15.0 Å². The molecule has 4 rings (SSSR count). The number of rotatable bonds is 7. The van der Waals surface area contributed by atoms with Gasteiger partial charge in [-0.15, -0.1) is 0 Å². The third-order valence-corrected chi connectivity index (χ3v) is 5.00. The average Bonchev–Trinajstić information content (AvgIpc) is 3.44. The first-order valence-corrected chi connectivity index (χ1v) is 9.56. The first-order chi connectivity index (χ1) is 13.6. The quantitative estimate of drug-likeness (QED) is 0.798. The van der Waals surface area contributed by atoms with Gasteiger partial charge in [0.25, 0.3) is 5.91 Å². The number of benzene rings is 1. The van der Waals surface area contributed by atoms with E-state index in [1.165, 1.54) is 31.0 Å². The zero-order chi connectivity index (χ0) is 19.5. The molecule has 28 heavy (non-hydrogen) atoms. The van der Waals surface area contributed by atoms with Crippen molar-refractivity contribution in [3.05, 3.63) is 53.5 Å². The molecule has 2 aliphatic rings. The largest absolute Gasteiger partial charge is 0.477 e. The Balaban J connectivity index is 1.40. The fourth-order valence-electron chi connectivity index (χ4n) is 3.18. The number of amides is 2. The van der Waals surface area contributed by atoms with Crippen LogP contribution in [0.4, 0.5) is 10.1 Å². The van der Waals surface area contributed by atoms with Crippen LogP contribution in [0.25, 0.3) is 0 Å². The predicted molar refractivity (Wildman–Crippen MR) is 102 cm³/mol. The molecule has 2 amide bonds. The Morgan fingerprint density at radius 1 is 1.29 bits per heavy atom. The summed E-state index contributed by atoms with van der Waals surface area (Å²) in [6.07, 6.45) is 5.27. The topological polar surface area (TPSA) is 71.5 Å². The second kappa shape index (κ2) is 7.96. The number of nitrogens with one attached hydrogen (secondary N) is 1. The van der Waals surface area contributed by atoms with Crippen molar-refractivity contribution in [2.75, 3.05) is 18.1 Å². The van der Waals surface area contributed by atoms with Crippen LogP contribution in [0.15, 0.2) is 36.5 Å². The fourth-order valence-corrected chi connectivity index (χ4v) is 3.18. The Bertz CT molecular complexity index is 898. The number of nitrogens with zero attached hydrogens (tertiary/aromatic N) is 2. The van der Waals surface area contributed by atoms with E-state index >= 15 is 0 Å². The molecule has 2 fully saturated rings. The van der Waals surface area contributed by atoms with E-state index in [9.17, 15) is 14.0 Å². The molecule has 1 aromatic carbocycles. The molecule has 0 bridgehead atoms. The van der Waals surface area contributed by atoms with E-state index < -0.39 is 11.7 Å². The van der Waals surface area contributed by atoms with Crippen molar-refractivity contribution in [2.45, 2.75) is 32.2 Å². The van der Waals surface area contributed by atoms with Crippen molar-refractivity contribution in [3.8, 4) is 5.88 Å². The number of hydrogen-bond acceptors (Lipinski definition) is 4. The number of ether oxygens (including phenoxy) is 1. The van der Waals surface area contributed by atoms with Crippen molar-refractivity contribution in [1.29, 1.82) is 0 Å². The zero-order valence-corrected chi connectivity index (χ0v) is 15.5. The van der Waals surface area contributed by atoms with Crippen LogP contribution in [0.5, 0.6) is 5.88 Å². The highest BCUT2D eigenvalue weighted by molar-refractivity contribution is 5.99. The lowest BCUT2D eigenvalue weighted by Gasteiger charge is -2.17. The highest BCUT2D eigenvalue weighted by Gasteiger charge is 2.24. The normalized spacial score (nSPS) is 16.3. The summed E-state index contributed by atoms with van der Waals surface area (Å²) in [5, 5.41) is 2.72. The molecule has 0 radical (unpaired) electrons. The van der Waals surface area contributed by atoms with Gasteiger partial charge in [-0.05, 0) is 55.0 Å². The lowest BCUT2D eigenvalue weighted by Crippen LogP contribution is -2.26. The van der Waals surface area contributed by atoms with Crippen molar-refractivity contribution in [3.63, 3.8) is 0 Å². The third-order valence-electron chi connectivity index (χ3n) is 5.00. The Labute approximate surface area is 162 Å². The van der Waals surface area contributed by atoms with Crippen LogP contribution < -0.4 is 15.0 Å². The van der Waals surface area contributed by atoms with Crippen LogP contribution in [-0.4, -0.2) is 29.9 Å². The lowest BCUT2D eigenvalue weighted by molar-refractivity contribution is -0.117. The molecule has 1 saturated heterocycles. The number of aromatic nitrogens is 1. The molecule has 2 heterocycles. The number of pyridine rings is 1. The number of carbonyl (C=O) groups is 2. The van der Waals surface area contributed by atoms with E-state index in [1.807, 2.05) is 0 Å². The average molecular weight is 383 g/mol. The van der Waals surface area contributed by atoms with Gasteiger partial charge in [-0.3, -0.25) is 9.59 Å². The molecule has 0 atom stereocenters. The molecule has 1 saturated carbocycles. The van der Waals surface area contributed by atoms with Crippen LogP contribution in [0.2, 0.25) is 0 Å². The van der Waals surface area contributed by atoms with Crippen molar-refractivity contribution in [1.82, 2.24) is 10.3 Å². The second-order valence-electron chi connectivity index (χ2n) is 7.25. The van der Waals surface area contributed by atoms with Gasteiger partial charge in [0.2, 0.25) is 11.8 Å². The summed E-state index contributed by atoms with van der Waals surface area (Å²) in [7, 11) is 0. The van der Waals surface area contributed by atoms with Gasteiger partial charge in [-0.2, -0.15) is 0 Å². The van der Waals surface area contributed by atoms with Crippen LogP contribution in [0.1, 0.15) is 41.6 Å². The number of halogens is 1. The first kappa shape index (κ1) is 18.4. The Morgan fingerprint density at radius 3 is 2.89 bits per heavy atom. The minimum atomic E-state index is -0.615. The molecule has 0 spiro atoms. The lowest BCUT2D eigenvalue weighted by atomic mass is 10.1. The van der Waals surface area contributed by atoms with Crippen molar-refractivity contribution >= 4 is 17.5 Å². The van der Waals surface area contributed by atoms with Crippen molar-refractivity contribution < 1.29 is 18.7 Å². The van der Waals surface area contributed by atoms with E-state index in [-0.39, 0.29) is 18.0 Å². The van der Waals surface area contributed by atoms with Gasteiger partial charge in [0, 0.05) is 37.5 Å². The van der Waals surface area contributed by atoms with E-state index in [2.05, 4.69) is 10.3 Å². The number of anilines is 1. The van der Waals surface area contributed by atoms with Gasteiger partial charge in [0.05, 0.1) is 12.2 Å². The summed E-state index contributed by atoms with van der Waals surface area (Å²) >= 11 is 0. The molecular weight excluding hydrogens is 361 g/mol. The van der Waals surface area contributed by atoms with Gasteiger partial charge in [0.1, 0.15) is 5.82 Å². The Hall–Kier alpha value is -2.96. The highest BCUT2D eigenvalue weighted by atomic mass is 19.1. The molecule has 6 nitrogen and oxygen atoms in total. The predicted octanol–water partition coefficient (Wildman–Crippen LogP) is 3.07. The molecule has 2 aromatic rings. The highest BCUT2D eigenvalue weighted by Crippen LogP contribution is 2.29. The maximum absolute atomic E-state index is 14.2. The third kappa shape index (κ3) is 4.30. The molecule has 1 aliphatic carbocycles. The minimum absolute atomic E-state index is 0.00604. The van der Waals surface area contributed by atoms with Crippen LogP contribution in [-0.2, 0) is 11.3 Å². The molecule has 146 valence electrons. The monoisotopic (exact) mass is 383 g/mol. The summed E-state index contributed by atoms with van der Waals surface area (Å²) < 4.78 is 19.8. The minimum Gasteiger partial charge on any atom is -0.477 e. The Morgan fingerprint density at radius 2 is 2.14 bits per heavy atom. The van der Waals surface area contributed by atoms with E-state index in [0.29, 0.717) is 37.1 Å². The van der Waals surface area contributed by atoms with Crippen LogP contribution in [0, 0.1) is 11.7 Å². The first-order valence-electron chi connectivity index (χ1n) is 9.56. The SMILES string of the molecule is O=C(NCc1ccnc(OCC2CC2)c1)c1cc(N2CCCC2=O)ccc1F. The van der Waals surface area contributed by atoms with Gasteiger partial charge >= 0.3 is 0 Å². The number of carbonyl (C=O) groups excluding carboxylic acids is 2. The molecule has 1 aromatic heterocycles. The van der Waals surface area contributed by atoms with Crippen molar-refractivity contribution in [2.24, 2.45) is 5.92 Å². The molecular formula is C21H22FN3O3. The molecule has 1 N–H and O–H groups in total. The van der Waals surface area contributed by atoms with Crippen LogP contribution in [0.3, 0.4) is 0 Å². The summed E-state index contributed by atoms with van der Waals surface area (Å²) in [5.74, 6) is 0.00934. The van der Waals surface area contributed by atoms with Gasteiger partial charge in [0.15, 0.2) is 0 Å². The Kier molecular flexibility index (Phi) is 5.23. The zero-order valence-electron chi connectivity index (χ0n) is 15.5. The van der Waals surface area contributed by atoms with Gasteiger partial charge in [-0.25, -0.2) is 9.37 Å². The van der Waals surface area contributed by atoms with Crippen LogP contribution >= 0.6 is 0 Å². The summed E-state index contributed by atoms with van der Waals surface area (Å²) in [5.41, 5.74) is 1.30. The van der Waals surface area contributed by atoms with E-state index in [4.69, 9.17) is 4.74 Å². The standard InChI is InChI=1S/C21H22FN3O3/c22-18-6-5-16(25-9-1-2-20(25)26)11-17(18)21(27)24-12-15-7-8-23-19(10-15)28-13-14-3-4-14/h5-8,10-11,14H,1-4,9,12-13H2,(H,24,27). The summed E-state index contributed by atoms with van der Waals surface area (Å²) in [6.45, 7) is 1.48. The van der Waals surface area contributed by atoms with Gasteiger partial charge in [-0.1, -0.05) is 0 Å². The number of hydrogen-bond donors (Lipinski definition) is 1. The molecule has 0 unspecified atom stereocenters. The maximum atomic E-state index is 14.2. The van der Waals surface area contributed by atoms with E-state index in [1.54, 1.807) is 23.2 Å². The smallest absolute Gasteiger partial charge is 0.254 e. The van der Waals surface area contributed by atoms with E-state index in [0.717, 1.165) is 12.0 Å².